The van der Waals surface area contributed by atoms with Crippen LogP contribution in [0.1, 0.15) is 24.0 Å². The maximum atomic E-state index is 12.8. The highest BCUT2D eigenvalue weighted by Crippen LogP contribution is 2.33. The van der Waals surface area contributed by atoms with Crippen LogP contribution in [-0.2, 0) is 15.8 Å². The minimum absolute atomic E-state index is 0.0656. The molecule has 1 aliphatic rings. The number of alkyl halides is 3. The van der Waals surface area contributed by atoms with Gasteiger partial charge in [0.15, 0.2) is 0 Å². The van der Waals surface area contributed by atoms with Gasteiger partial charge in [0.25, 0.3) is 0 Å². The first-order valence-corrected chi connectivity index (χ1v) is 6.03. The lowest BCUT2D eigenvalue weighted by Crippen LogP contribution is -2.47. The van der Waals surface area contributed by atoms with Crippen molar-refractivity contribution < 1.29 is 22.8 Å². The molecular formula is C13H10F3N3O2. The number of piperidine rings is 1. The predicted octanol–water partition coefficient (Wildman–Crippen LogP) is 1.79. The summed E-state index contributed by atoms with van der Waals surface area (Å²) in [6.45, 7) is 0. The standard InChI is InChI=1S/C13H10F3N3O2/c14-13(15,16)9-5-8(2-1-7(9)6-17)18-10-3-4-11(20)19-12(10)21/h1-2,5,10,18H,3-4H2,(H,19,20,21). The van der Waals surface area contributed by atoms with Crippen LogP contribution >= 0.6 is 0 Å². The van der Waals surface area contributed by atoms with Crippen molar-refractivity contribution in [3.63, 3.8) is 0 Å². The topological polar surface area (TPSA) is 82.0 Å². The summed E-state index contributed by atoms with van der Waals surface area (Å²) in [5, 5.41) is 13.4. The van der Waals surface area contributed by atoms with E-state index in [1.165, 1.54) is 12.1 Å². The number of halogens is 3. The summed E-state index contributed by atoms with van der Waals surface area (Å²) < 4.78 is 38.5. The van der Waals surface area contributed by atoms with Gasteiger partial charge in [-0.05, 0) is 24.6 Å². The van der Waals surface area contributed by atoms with Crippen LogP contribution in [0.5, 0.6) is 0 Å². The normalized spacial score (nSPS) is 18.9. The Balaban J connectivity index is 2.24. The second-order valence-corrected chi connectivity index (χ2v) is 4.52. The fraction of sp³-hybridized carbons (Fsp3) is 0.308. The molecule has 1 heterocycles. The summed E-state index contributed by atoms with van der Waals surface area (Å²) in [5.41, 5.74) is -1.49. The summed E-state index contributed by atoms with van der Waals surface area (Å²) in [5.74, 6) is -0.988. The number of anilines is 1. The number of nitriles is 1. The smallest absolute Gasteiger partial charge is 0.374 e. The van der Waals surface area contributed by atoms with Gasteiger partial charge in [-0.25, -0.2) is 0 Å². The molecule has 1 aromatic carbocycles. The quantitative estimate of drug-likeness (QED) is 0.815. The molecule has 0 bridgehead atoms. The van der Waals surface area contributed by atoms with E-state index in [1.54, 1.807) is 0 Å². The molecule has 1 fully saturated rings. The van der Waals surface area contributed by atoms with E-state index >= 15 is 0 Å². The van der Waals surface area contributed by atoms with Crippen molar-refractivity contribution in [1.82, 2.24) is 5.32 Å². The summed E-state index contributed by atoms with van der Waals surface area (Å²) >= 11 is 0. The Bertz CT molecular complexity index is 635. The molecule has 1 atom stereocenters. The number of nitrogens with one attached hydrogen (secondary N) is 2. The van der Waals surface area contributed by atoms with Gasteiger partial charge in [-0.3, -0.25) is 14.9 Å². The van der Waals surface area contributed by atoms with Crippen LogP contribution in [0.4, 0.5) is 18.9 Å². The van der Waals surface area contributed by atoms with Crippen LogP contribution in [0, 0.1) is 11.3 Å². The van der Waals surface area contributed by atoms with Gasteiger partial charge in [-0.15, -0.1) is 0 Å². The van der Waals surface area contributed by atoms with Crippen molar-refractivity contribution >= 4 is 17.5 Å². The van der Waals surface area contributed by atoms with E-state index in [0.717, 1.165) is 12.1 Å². The highest BCUT2D eigenvalue weighted by molar-refractivity contribution is 6.01. The van der Waals surface area contributed by atoms with Crippen molar-refractivity contribution in [2.24, 2.45) is 0 Å². The Morgan fingerprint density at radius 1 is 1.33 bits per heavy atom. The van der Waals surface area contributed by atoms with Gasteiger partial charge in [0.1, 0.15) is 6.04 Å². The van der Waals surface area contributed by atoms with E-state index in [-0.39, 0.29) is 18.5 Å². The first-order valence-electron chi connectivity index (χ1n) is 6.03. The Labute approximate surface area is 117 Å². The molecule has 8 heteroatoms. The Hall–Kier alpha value is -2.56. The Morgan fingerprint density at radius 3 is 2.62 bits per heavy atom. The fourth-order valence-electron chi connectivity index (χ4n) is 2.00. The largest absolute Gasteiger partial charge is 0.417 e. The number of hydrogen-bond acceptors (Lipinski definition) is 4. The van der Waals surface area contributed by atoms with E-state index in [0.29, 0.717) is 0 Å². The van der Waals surface area contributed by atoms with Gasteiger partial charge >= 0.3 is 6.18 Å². The van der Waals surface area contributed by atoms with Crippen molar-refractivity contribution in [2.75, 3.05) is 5.32 Å². The number of amides is 2. The van der Waals surface area contributed by atoms with E-state index in [2.05, 4.69) is 10.6 Å². The third-order valence-electron chi connectivity index (χ3n) is 3.03. The molecule has 110 valence electrons. The average Bonchev–Trinajstić information content (AvgIpc) is 2.41. The minimum Gasteiger partial charge on any atom is -0.374 e. The molecule has 1 unspecified atom stereocenters. The lowest BCUT2D eigenvalue weighted by atomic mass is 10.0. The van der Waals surface area contributed by atoms with Crippen LogP contribution in [0.2, 0.25) is 0 Å². The fourth-order valence-corrected chi connectivity index (χ4v) is 2.00. The first kappa shape index (κ1) is 14.8. The maximum absolute atomic E-state index is 12.8. The van der Waals surface area contributed by atoms with E-state index < -0.39 is 35.2 Å². The zero-order valence-corrected chi connectivity index (χ0v) is 10.6. The molecule has 2 rings (SSSR count). The van der Waals surface area contributed by atoms with Gasteiger partial charge in [-0.1, -0.05) is 0 Å². The van der Waals surface area contributed by atoms with Gasteiger partial charge in [-0.2, -0.15) is 18.4 Å². The molecule has 21 heavy (non-hydrogen) atoms. The third-order valence-corrected chi connectivity index (χ3v) is 3.03. The van der Waals surface area contributed by atoms with Gasteiger partial charge < -0.3 is 5.32 Å². The third kappa shape index (κ3) is 3.31. The second-order valence-electron chi connectivity index (χ2n) is 4.52. The monoisotopic (exact) mass is 297 g/mol. The molecule has 0 aliphatic carbocycles. The van der Waals surface area contributed by atoms with E-state index in [4.69, 9.17) is 5.26 Å². The molecule has 1 saturated heterocycles. The molecular weight excluding hydrogens is 287 g/mol. The van der Waals surface area contributed by atoms with Crippen LogP contribution in [0.3, 0.4) is 0 Å². The Kier molecular flexibility index (Phi) is 3.84. The first-order chi connectivity index (χ1) is 9.81. The van der Waals surface area contributed by atoms with Gasteiger partial charge in [0, 0.05) is 12.1 Å². The SMILES string of the molecule is N#Cc1ccc(NC2CCC(=O)NC2=O)cc1C(F)(F)F. The predicted molar refractivity (Wildman–Crippen MR) is 66.0 cm³/mol. The zero-order chi connectivity index (χ0) is 15.6. The van der Waals surface area contributed by atoms with Crippen molar-refractivity contribution in [1.29, 1.82) is 5.26 Å². The number of rotatable bonds is 2. The highest BCUT2D eigenvalue weighted by atomic mass is 19.4. The summed E-state index contributed by atoms with van der Waals surface area (Å²) in [4.78, 5) is 22.5. The molecule has 0 saturated carbocycles. The van der Waals surface area contributed by atoms with Crippen LogP contribution < -0.4 is 10.6 Å². The number of imide groups is 1. The van der Waals surface area contributed by atoms with Crippen LogP contribution in [-0.4, -0.2) is 17.9 Å². The van der Waals surface area contributed by atoms with Crippen molar-refractivity contribution in [3.05, 3.63) is 29.3 Å². The molecule has 5 nitrogen and oxygen atoms in total. The zero-order valence-electron chi connectivity index (χ0n) is 10.6. The molecule has 0 radical (unpaired) electrons. The summed E-state index contributed by atoms with van der Waals surface area (Å²) in [6, 6.07) is 3.80. The lowest BCUT2D eigenvalue weighted by molar-refractivity contribution is -0.137. The molecule has 0 spiro atoms. The minimum atomic E-state index is -4.66. The highest BCUT2D eigenvalue weighted by Gasteiger charge is 2.34. The van der Waals surface area contributed by atoms with E-state index in [1.807, 2.05) is 0 Å². The van der Waals surface area contributed by atoms with Crippen LogP contribution in [0.15, 0.2) is 18.2 Å². The number of carbonyl (C=O) groups is 2. The van der Waals surface area contributed by atoms with Gasteiger partial charge in [0.2, 0.25) is 11.8 Å². The summed E-state index contributed by atoms with van der Waals surface area (Å²) in [6.07, 6.45) is -4.34. The van der Waals surface area contributed by atoms with Crippen molar-refractivity contribution in [3.8, 4) is 6.07 Å². The van der Waals surface area contributed by atoms with Crippen molar-refractivity contribution in [2.45, 2.75) is 25.1 Å². The van der Waals surface area contributed by atoms with Gasteiger partial charge in [0.05, 0.1) is 17.2 Å². The number of carbonyl (C=O) groups excluding carboxylic acids is 2. The summed E-state index contributed by atoms with van der Waals surface area (Å²) in [7, 11) is 0. The Morgan fingerprint density at radius 2 is 2.05 bits per heavy atom. The number of nitrogens with zero attached hydrogens (tertiary/aromatic N) is 1. The second kappa shape index (κ2) is 5.44. The van der Waals surface area contributed by atoms with E-state index in [9.17, 15) is 22.8 Å². The molecule has 1 aromatic rings. The molecule has 2 amide bonds. The average molecular weight is 297 g/mol. The lowest BCUT2D eigenvalue weighted by Gasteiger charge is -2.23. The number of benzene rings is 1. The molecule has 1 aliphatic heterocycles. The molecule has 2 N–H and O–H groups in total. The van der Waals surface area contributed by atoms with Crippen LogP contribution in [0.25, 0.3) is 0 Å². The number of hydrogen-bond donors (Lipinski definition) is 2. The maximum Gasteiger partial charge on any atom is 0.417 e. The molecule has 0 aromatic heterocycles.